The standard InChI is InChI=1S/C23H20ClNO2/c1-15(2)16-9-13-19(14-10-16)25-23(27)21-6-4-3-5-20(21)22(26)17-7-11-18(24)12-8-17/h3-15H,1-2H3,(H,25,27). The number of rotatable bonds is 5. The summed E-state index contributed by atoms with van der Waals surface area (Å²) < 4.78 is 0. The number of anilines is 1. The molecule has 3 aromatic rings. The largest absolute Gasteiger partial charge is 0.322 e. The third-order valence-corrected chi connectivity index (χ3v) is 4.61. The van der Waals surface area contributed by atoms with Crippen LogP contribution in [0.4, 0.5) is 5.69 Å². The van der Waals surface area contributed by atoms with Crippen molar-refractivity contribution >= 4 is 29.0 Å². The van der Waals surface area contributed by atoms with E-state index in [0.717, 1.165) is 0 Å². The van der Waals surface area contributed by atoms with Crippen molar-refractivity contribution in [1.82, 2.24) is 0 Å². The fourth-order valence-corrected chi connectivity index (χ4v) is 2.91. The lowest BCUT2D eigenvalue weighted by atomic mass is 9.98. The molecule has 3 nitrogen and oxygen atoms in total. The zero-order valence-corrected chi connectivity index (χ0v) is 16.0. The molecule has 0 radical (unpaired) electrons. The van der Waals surface area contributed by atoms with Crippen molar-refractivity contribution in [3.63, 3.8) is 0 Å². The van der Waals surface area contributed by atoms with Crippen LogP contribution < -0.4 is 5.32 Å². The summed E-state index contributed by atoms with van der Waals surface area (Å²) in [5, 5.41) is 3.43. The molecule has 0 aromatic heterocycles. The lowest BCUT2D eigenvalue weighted by Gasteiger charge is -2.11. The number of carbonyl (C=O) groups is 2. The molecule has 4 heteroatoms. The molecule has 0 aliphatic heterocycles. The smallest absolute Gasteiger partial charge is 0.256 e. The molecule has 0 bridgehead atoms. The highest BCUT2D eigenvalue weighted by molar-refractivity contribution is 6.30. The molecule has 136 valence electrons. The van der Waals surface area contributed by atoms with Gasteiger partial charge in [-0.3, -0.25) is 9.59 Å². The van der Waals surface area contributed by atoms with Gasteiger partial charge in [-0.25, -0.2) is 0 Å². The van der Waals surface area contributed by atoms with E-state index >= 15 is 0 Å². The van der Waals surface area contributed by atoms with Gasteiger partial charge < -0.3 is 5.32 Å². The number of ketones is 1. The maximum atomic E-state index is 12.8. The number of hydrogen-bond donors (Lipinski definition) is 1. The van der Waals surface area contributed by atoms with E-state index in [9.17, 15) is 9.59 Å². The molecule has 0 saturated heterocycles. The fourth-order valence-electron chi connectivity index (χ4n) is 2.79. The van der Waals surface area contributed by atoms with Crippen molar-refractivity contribution in [2.75, 3.05) is 5.32 Å². The average molecular weight is 378 g/mol. The third kappa shape index (κ3) is 4.44. The number of amides is 1. The first kappa shape index (κ1) is 18.9. The van der Waals surface area contributed by atoms with E-state index in [1.165, 1.54) is 5.56 Å². The second kappa shape index (κ2) is 8.19. The predicted octanol–water partition coefficient (Wildman–Crippen LogP) is 5.95. The van der Waals surface area contributed by atoms with Crippen LogP contribution in [0.25, 0.3) is 0 Å². The van der Waals surface area contributed by atoms with Crippen molar-refractivity contribution in [3.05, 3.63) is 100 Å². The van der Waals surface area contributed by atoms with Crippen molar-refractivity contribution in [1.29, 1.82) is 0 Å². The molecule has 0 heterocycles. The van der Waals surface area contributed by atoms with E-state index in [2.05, 4.69) is 19.2 Å². The van der Waals surface area contributed by atoms with Crippen LogP contribution in [0, 0.1) is 0 Å². The minimum absolute atomic E-state index is 0.215. The van der Waals surface area contributed by atoms with Gasteiger partial charge in [0.05, 0.1) is 5.56 Å². The maximum Gasteiger partial charge on any atom is 0.256 e. The molecule has 0 aliphatic carbocycles. The highest BCUT2D eigenvalue weighted by Crippen LogP contribution is 2.20. The quantitative estimate of drug-likeness (QED) is 0.558. The monoisotopic (exact) mass is 377 g/mol. The molecule has 0 fully saturated rings. The number of carbonyl (C=O) groups excluding carboxylic acids is 2. The first-order chi connectivity index (χ1) is 13.0. The second-order valence-electron chi connectivity index (χ2n) is 6.61. The summed E-state index contributed by atoms with van der Waals surface area (Å²) in [6.07, 6.45) is 0. The van der Waals surface area contributed by atoms with Crippen molar-refractivity contribution in [2.24, 2.45) is 0 Å². The Morgan fingerprint density at radius 2 is 1.41 bits per heavy atom. The Labute approximate surface area is 164 Å². The first-order valence-electron chi connectivity index (χ1n) is 8.76. The van der Waals surface area contributed by atoms with Gasteiger partial charge in [-0.15, -0.1) is 0 Å². The summed E-state index contributed by atoms with van der Waals surface area (Å²) in [5.74, 6) is -0.106. The zero-order valence-electron chi connectivity index (χ0n) is 15.2. The molecular weight excluding hydrogens is 358 g/mol. The number of benzene rings is 3. The molecule has 0 spiro atoms. The van der Waals surface area contributed by atoms with Crippen molar-refractivity contribution in [3.8, 4) is 0 Å². The Kier molecular flexibility index (Phi) is 5.72. The van der Waals surface area contributed by atoms with Crippen molar-refractivity contribution in [2.45, 2.75) is 19.8 Å². The predicted molar refractivity (Wildman–Crippen MR) is 110 cm³/mol. The summed E-state index contributed by atoms with van der Waals surface area (Å²) >= 11 is 5.89. The molecule has 3 rings (SSSR count). The number of halogens is 1. The summed E-state index contributed by atoms with van der Waals surface area (Å²) in [7, 11) is 0. The van der Waals surface area contributed by atoms with Crippen LogP contribution >= 0.6 is 11.6 Å². The van der Waals surface area contributed by atoms with Crippen LogP contribution in [0.5, 0.6) is 0 Å². The van der Waals surface area contributed by atoms with Crippen LogP contribution in [-0.2, 0) is 0 Å². The molecule has 1 amide bonds. The SMILES string of the molecule is CC(C)c1ccc(NC(=O)c2ccccc2C(=O)c2ccc(Cl)cc2)cc1. The molecule has 3 aromatic carbocycles. The van der Waals surface area contributed by atoms with Crippen molar-refractivity contribution < 1.29 is 9.59 Å². The topological polar surface area (TPSA) is 46.2 Å². The Morgan fingerprint density at radius 3 is 2.00 bits per heavy atom. The lowest BCUT2D eigenvalue weighted by molar-refractivity contribution is 0.0996. The third-order valence-electron chi connectivity index (χ3n) is 4.36. The van der Waals surface area contributed by atoms with Crippen LogP contribution in [-0.4, -0.2) is 11.7 Å². The number of hydrogen-bond acceptors (Lipinski definition) is 2. The van der Waals surface area contributed by atoms with Gasteiger partial charge in [0.1, 0.15) is 0 Å². The second-order valence-corrected chi connectivity index (χ2v) is 7.05. The Bertz CT molecular complexity index is 960. The molecule has 0 saturated carbocycles. The zero-order chi connectivity index (χ0) is 19.4. The average Bonchev–Trinajstić information content (AvgIpc) is 2.68. The van der Waals surface area contributed by atoms with E-state index in [-0.39, 0.29) is 11.7 Å². The van der Waals surface area contributed by atoms with Crippen LogP contribution in [0.15, 0.2) is 72.8 Å². The lowest BCUT2D eigenvalue weighted by Crippen LogP contribution is -2.17. The molecule has 0 unspecified atom stereocenters. The van der Waals surface area contributed by atoms with Gasteiger partial charge in [-0.2, -0.15) is 0 Å². The Hall–Kier alpha value is -2.91. The summed E-state index contributed by atoms with van der Waals surface area (Å²) in [6.45, 7) is 4.23. The molecule has 1 N–H and O–H groups in total. The van der Waals surface area contributed by atoms with E-state index in [1.807, 2.05) is 24.3 Å². The molecular formula is C23H20ClNO2. The summed E-state index contributed by atoms with van der Waals surface area (Å²) in [5.41, 5.74) is 3.08. The van der Waals surface area contributed by atoms with Crippen LogP contribution in [0.2, 0.25) is 5.02 Å². The van der Waals surface area contributed by atoms with Gasteiger partial charge >= 0.3 is 0 Å². The fraction of sp³-hybridized carbons (Fsp3) is 0.130. The Balaban J connectivity index is 1.85. The summed E-state index contributed by atoms with van der Waals surface area (Å²) in [6, 6.07) is 21.2. The minimum Gasteiger partial charge on any atom is -0.322 e. The van der Waals surface area contributed by atoms with E-state index in [1.54, 1.807) is 48.5 Å². The normalized spacial score (nSPS) is 10.7. The first-order valence-corrected chi connectivity index (χ1v) is 9.14. The van der Waals surface area contributed by atoms with Crippen LogP contribution in [0.1, 0.15) is 51.6 Å². The maximum absolute atomic E-state index is 12.8. The molecule has 27 heavy (non-hydrogen) atoms. The highest BCUT2D eigenvalue weighted by Gasteiger charge is 2.18. The van der Waals surface area contributed by atoms with E-state index in [0.29, 0.717) is 33.3 Å². The van der Waals surface area contributed by atoms with Gasteiger partial charge in [-0.1, -0.05) is 55.8 Å². The van der Waals surface area contributed by atoms with Gasteiger partial charge in [0.2, 0.25) is 0 Å². The highest BCUT2D eigenvalue weighted by atomic mass is 35.5. The molecule has 0 atom stereocenters. The number of nitrogens with one attached hydrogen (secondary N) is 1. The van der Waals surface area contributed by atoms with Gasteiger partial charge in [-0.05, 0) is 53.9 Å². The Morgan fingerprint density at radius 1 is 0.815 bits per heavy atom. The van der Waals surface area contributed by atoms with Crippen LogP contribution in [0.3, 0.4) is 0 Å². The van der Waals surface area contributed by atoms with Gasteiger partial charge in [0.25, 0.3) is 5.91 Å². The minimum atomic E-state index is -0.315. The summed E-state index contributed by atoms with van der Waals surface area (Å²) in [4.78, 5) is 25.6. The van der Waals surface area contributed by atoms with E-state index < -0.39 is 0 Å². The van der Waals surface area contributed by atoms with E-state index in [4.69, 9.17) is 11.6 Å². The van der Waals surface area contributed by atoms with Gasteiger partial charge in [0, 0.05) is 21.8 Å². The van der Waals surface area contributed by atoms with Gasteiger partial charge in [0.15, 0.2) is 5.78 Å². The molecule has 0 aliphatic rings.